The molecule has 2 aromatic rings. The second-order valence-electron chi connectivity index (χ2n) is 4.97. The Balaban J connectivity index is 1.89. The quantitative estimate of drug-likeness (QED) is 0.898. The third kappa shape index (κ3) is 2.49. The van der Waals surface area contributed by atoms with Gasteiger partial charge in [-0.05, 0) is 36.6 Å². The number of ether oxygens (including phenoxy) is 1. The van der Waals surface area contributed by atoms with E-state index < -0.39 is 0 Å². The summed E-state index contributed by atoms with van der Waals surface area (Å²) in [7, 11) is 1.72. The predicted molar refractivity (Wildman–Crippen MR) is 78.4 cm³/mol. The van der Waals surface area contributed by atoms with Gasteiger partial charge in [-0.25, -0.2) is 0 Å². The van der Waals surface area contributed by atoms with Gasteiger partial charge >= 0.3 is 0 Å². The maximum Gasteiger partial charge on any atom is 0.126 e. The molecule has 0 spiro atoms. The van der Waals surface area contributed by atoms with Crippen molar-refractivity contribution in [2.75, 3.05) is 13.7 Å². The van der Waals surface area contributed by atoms with Gasteiger partial charge in [0.25, 0.3) is 0 Å². The summed E-state index contributed by atoms with van der Waals surface area (Å²) >= 11 is 0. The van der Waals surface area contributed by atoms with E-state index in [1.165, 1.54) is 24.0 Å². The summed E-state index contributed by atoms with van der Waals surface area (Å²) in [5.41, 5.74) is 3.74. The molecule has 0 bridgehead atoms. The molecule has 1 aliphatic heterocycles. The third-order valence-electron chi connectivity index (χ3n) is 3.79. The fourth-order valence-electron chi connectivity index (χ4n) is 2.75. The van der Waals surface area contributed by atoms with Gasteiger partial charge in [0.05, 0.1) is 7.11 Å². The van der Waals surface area contributed by atoms with Gasteiger partial charge in [0.15, 0.2) is 0 Å². The van der Waals surface area contributed by atoms with E-state index in [4.69, 9.17) is 4.74 Å². The molecule has 3 rings (SSSR count). The van der Waals surface area contributed by atoms with E-state index in [9.17, 15) is 0 Å². The molecular formula is C17H19NO. The van der Waals surface area contributed by atoms with Crippen LogP contribution in [0.15, 0.2) is 48.5 Å². The molecule has 1 atom stereocenters. The SMILES string of the molecule is COc1ccccc1-c1ccc(C2CCCN2)cc1. The van der Waals surface area contributed by atoms with Gasteiger partial charge in [0, 0.05) is 11.6 Å². The second-order valence-corrected chi connectivity index (χ2v) is 4.97. The summed E-state index contributed by atoms with van der Waals surface area (Å²) in [6.45, 7) is 1.14. The zero-order valence-electron chi connectivity index (χ0n) is 11.2. The largest absolute Gasteiger partial charge is 0.496 e. The lowest BCUT2D eigenvalue weighted by Gasteiger charge is -2.12. The lowest BCUT2D eigenvalue weighted by molar-refractivity contribution is 0.416. The summed E-state index contributed by atoms with van der Waals surface area (Å²) in [4.78, 5) is 0. The van der Waals surface area contributed by atoms with Crippen molar-refractivity contribution in [3.63, 3.8) is 0 Å². The van der Waals surface area contributed by atoms with Gasteiger partial charge in [-0.3, -0.25) is 0 Å². The Morgan fingerprint density at radius 2 is 1.84 bits per heavy atom. The monoisotopic (exact) mass is 253 g/mol. The fourth-order valence-corrected chi connectivity index (χ4v) is 2.75. The van der Waals surface area contributed by atoms with Crippen molar-refractivity contribution in [1.82, 2.24) is 5.32 Å². The first kappa shape index (κ1) is 12.2. The number of methoxy groups -OCH3 is 1. The minimum atomic E-state index is 0.534. The second kappa shape index (κ2) is 5.45. The highest BCUT2D eigenvalue weighted by Crippen LogP contribution is 2.31. The molecule has 0 amide bonds. The first-order valence-corrected chi connectivity index (χ1v) is 6.85. The van der Waals surface area contributed by atoms with E-state index in [1.807, 2.05) is 18.2 Å². The maximum absolute atomic E-state index is 5.42. The Hall–Kier alpha value is -1.80. The van der Waals surface area contributed by atoms with E-state index in [-0.39, 0.29) is 0 Å². The van der Waals surface area contributed by atoms with Crippen LogP contribution in [0, 0.1) is 0 Å². The molecular weight excluding hydrogens is 234 g/mol. The molecule has 98 valence electrons. The lowest BCUT2D eigenvalue weighted by atomic mass is 9.99. The van der Waals surface area contributed by atoms with Gasteiger partial charge in [-0.2, -0.15) is 0 Å². The zero-order chi connectivity index (χ0) is 13.1. The van der Waals surface area contributed by atoms with Crippen LogP contribution < -0.4 is 10.1 Å². The molecule has 19 heavy (non-hydrogen) atoms. The van der Waals surface area contributed by atoms with Crippen LogP contribution in [0.4, 0.5) is 0 Å². The van der Waals surface area contributed by atoms with Crippen molar-refractivity contribution in [1.29, 1.82) is 0 Å². The molecule has 2 heteroatoms. The summed E-state index contributed by atoms with van der Waals surface area (Å²) in [6.07, 6.45) is 2.52. The van der Waals surface area contributed by atoms with Crippen molar-refractivity contribution in [3.05, 3.63) is 54.1 Å². The Morgan fingerprint density at radius 3 is 2.53 bits per heavy atom. The average Bonchev–Trinajstić information content (AvgIpc) is 3.02. The molecule has 0 saturated carbocycles. The lowest BCUT2D eigenvalue weighted by Crippen LogP contribution is -2.12. The molecule has 1 fully saturated rings. The maximum atomic E-state index is 5.42. The average molecular weight is 253 g/mol. The Labute approximate surface area is 114 Å². The van der Waals surface area contributed by atoms with E-state index in [0.29, 0.717) is 6.04 Å². The van der Waals surface area contributed by atoms with Gasteiger partial charge in [0.2, 0.25) is 0 Å². The molecule has 1 N–H and O–H groups in total. The minimum Gasteiger partial charge on any atom is -0.496 e. The third-order valence-corrected chi connectivity index (χ3v) is 3.79. The van der Waals surface area contributed by atoms with Crippen molar-refractivity contribution in [3.8, 4) is 16.9 Å². The molecule has 1 aliphatic rings. The Kier molecular flexibility index (Phi) is 3.51. The number of hydrogen-bond donors (Lipinski definition) is 1. The first-order chi connectivity index (χ1) is 9.38. The summed E-state index contributed by atoms with van der Waals surface area (Å²) in [5.74, 6) is 0.925. The van der Waals surface area contributed by atoms with Crippen molar-refractivity contribution < 1.29 is 4.74 Å². The molecule has 2 nitrogen and oxygen atoms in total. The number of nitrogens with one attached hydrogen (secondary N) is 1. The number of para-hydroxylation sites is 1. The molecule has 1 saturated heterocycles. The van der Waals surface area contributed by atoms with Gasteiger partial charge in [-0.15, -0.1) is 0 Å². The molecule has 2 aromatic carbocycles. The normalized spacial score (nSPS) is 18.5. The van der Waals surface area contributed by atoms with Crippen LogP contribution >= 0.6 is 0 Å². The highest BCUT2D eigenvalue weighted by molar-refractivity contribution is 5.70. The fraction of sp³-hybridized carbons (Fsp3) is 0.294. The summed E-state index contributed by atoms with van der Waals surface area (Å²) in [6, 6.07) is 17.5. The topological polar surface area (TPSA) is 21.3 Å². The molecule has 0 aromatic heterocycles. The van der Waals surface area contributed by atoms with Crippen LogP contribution in [0.2, 0.25) is 0 Å². The number of benzene rings is 2. The molecule has 1 heterocycles. The molecule has 1 unspecified atom stereocenters. The zero-order valence-corrected chi connectivity index (χ0v) is 11.2. The van der Waals surface area contributed by atoms with Crippen LogP contribution in [0.3, 0.4) is 0 Å². The number of hydrogen-bond acceptors (Lipinski definition) is 2. The molecule has 0 aliphatic carbocycles. The minimum absolute atomic E-state index is 0.534. The standard InChI is InChI=1S/C17H19NO/c1-19-17-7-3-2-5-15(17)13-8-10-14(11-9-13)16-6-4-12-18-16/h2-3,5,7-11,16,18H,4,6,12H2,1H3. The van der Waals surface area contributed by atoms with Crippen LogP contribution in [-0.2, 0) is 0 Å². The number of rotatable bonds is 3. The van der Waals surface area contributed by atoms with Gasteiger partial charge in [-0.1, -0.05) is 42.5 Å². The first-order valence-electron chi connectivity index (χ1n) is 6.85. The van der Waals surface area contributed by atoms with Crippen LogP contribution in [0.1, 0.15) is 24.4 Å². The van der Waals surface area contributed by atoms with Crippen LogP contribution in [0.25, 0.3) is 11.1 Å². The Bertz CT molecular complexity index is 541. The highest BCUT2D eigenvalue weighted by Gasteiger charge is 2.15. The van der Waals surface area contributed by atoms with Gasteiger partial charge < -0.3 is 10.1 Å². The van der Waals surface area contributed by atoms with E-state index in [2.05, 4.69) is 35.6 Å². The summed E-state index contributed by atoms with van der Waals surface area (Å²) in [5, 5.41) is 3.53. The van der Waals surface area contributed by atoms with Crippen LogP contribution in [0.5, 0.6) is 5.75 Å². The van der Waals surface area contributed by atoms with Crippen molar-refractivity contribution >= 4 is 0 Å². The van der Waals surface area contributed by atoms with E-state index in [1.54, 1.807) is 7.11 Å². The van der Waals surface area contributed by atoms with E-state index >= 15 is 0 Å². The highest BCUT2D eigenvalue weighted by atomic mass is 16.5. The molecule has 0 radical (unpaired) electrons. The smallest absolute Gasteiger partial charge is 0.126 e. The van der Waals surface area contributed by atoms with E-state index in [0.717, 1.165) is 17.9 Å². The van der Waals surface area contributed by atoms with Crippen LogP contribution in [-0.4, -0.2) is 13.7 Å². The predicted octanol–water partition coefficient (Wildman–Crippen LogP) is 3.79. The van der Waals surface area contributed by atoms with Crippen molar-refractivity contribution in [2.24, 2.45) is 0 Å². The Morgan fingerprint density at radius 1 is 1.05 bits per heavy atom. The van der Waals surface area contributed by atoms with Gasteiger partial charge in [0.1, 0.15) is 5.75 Å². The van der Waals surface area contributed by atoms with Crippen molar-refractivity contribution in [2.45, 2.75) is 18.9 Å². The summed E-state index contributed by atoms with van der Waals surface area (Å²) < 4.78 is 5.42.